The van der Waals surface area contributed by atoms with Gasteiger partial charge in [0.1, 0.15) is 23.9 Å². The molecule has 1 amide bonds. The van der Waals surface area contributed by atoms with E-state index >= 15 is 0 Å². The van der Waals surface area contributed by atoms with E-state index in [1.807, 2.05) is 50.5 Å². The number of carbonyl (C=O) groups is 1. The van der Waals surface area contributed by atoms with Crippen molar-refractivity contribution in [3.05, 3.63) is 66.4 Å². The highest BCUT2D eigenvalue weighted by Crippen LogP contribution is 2.21. The number of benzene rings is 2. The molecule has 0 aliphatic heterocycles. The molecule has 3 rings (SSSR count). The number of hydrogen-bond donors (Lipinski definition) is 2. The van der Waals surface area contributed by atoms with Crippen molar-refractivity contribution in [1.82, 2.24) is 14.9 Å². The Morgan fingerprint density at radius 1 is 1.03 bits per heavy atom. The first-order valence-electron chi connectivity index (χ1n) is 10.1. The highest BCUT2D eigenvalue weighted by atomic mass is 16.5. The van der Waals surface area contributed by atoms with Crippen LogP contribution in [0.15, 0.2) is 60.8 Å². The Hall–Kier alpha value is -3.85. The van der Waals surface area contributed by atoms with Crippen molar-refractivity contribution < 1.29 is 19.4 Å². The van der Waals surface area contributed by atoms with Gasteiger partial charge in [-0.25, -0.2) is 9.78 Å². The van der Waals surface area contributed by atoms with Crippen molar-refractivity contribution in [1.29, 1.82) is 0 Å². The second kappa shape index (κ2) is 11.0. The predicted molar refractivity (Wildman–Crippen MR) is 123 cm³/mol. The summed E-state index contributed by atoms with van der Waals surface area (Å²) >= 11 is 0. The summed E-state index contributed by atoms with van der Waals surface area (Å²) in [4.78, 5) is 23.7. The number of anilines is 3. The first kappa shape index (κ1) is 22.8. The van der Waals surface area contributed by atoms with Crippen LogP contribution in [0, 0.1) is 0 Å². The molecule has 168 valence electrons. The Labute approximate surface area is 187 Å². The molecule has 3 aromatic rings. The Morgan fingerprint density at radius 2 is 1.72 bits per heavy atom. The molecule has 1 heterocycles. The van der Waals surface area contributed by atoms with Crippen molar-refractivity contribution in [3.8, 4) is 11.5 Å². The highest BCUT2D eigenvalue weighted by Gasteiger charge is 2.17. The summed E-state index contributed by atoms with van der Waals surface area (Å²) in [6.07, 6.45) is 0.414. The number of ether oxygens (including phenoxy) is 2. The van der Waals surface area contributed by atoms with Crippen LogP contribution in [0.5, 0.6) is 11.5 Å². The average molecular weight is 438 g/mol. The zero-order valence-electron chi connectivity index (χ0n) is 18.4. The van der Waals surface area contributed by atoms with Crippen LogP contribution in [0.2, 0.25) is 0 Å². The van der Waals surface area contributed by atoms with Crippen molar-refractivity contribution in [2.75, 3.05) is 44.6 Å². The van der Waals surface area contributed by atoms with E-state index in [4.69, 9.17) is 9.47 Å². The average Bonchev–Trinajstić information content (AvgIpc) is 2.79. The van der Waals surface area contributed by atoms with Crippen molar-refractivity contribution in [2.24, 2.45) is 0 Å². The van der Waals surface area contributed by atoms with Crippen LogP contribution in [0.1, 0.15) is 5.56 Å². The number of likely N-dealkylation sites (N-methyl/N-ethyl adjacent to an activating group) is 1. The molecule has 0 saturated heterocycles. The van der Waals surface area contributed by atoms with Crippen LogP contribution in [-0.4, -0.2) is 60.4 Å². The van der Waals surface area contributed by atoms with E-state index in [0.717, 1.165) is 28.4 Å². The van der Waals surface area contributed by atoms with Crippen LogP contribution < -0.4 is 19.7 Å². The minimum atomic E-state index is -1.11. The van der Waals surface area contributed by atoms with Gasteiger partial charge in [0.15, 0.2) is 0 Å². The second-order valence-electron chi connectivity index (χ2n) is 7.26. The topological polar surface area (TPSA) is 100 Å². The molecule has 1 aromatic heterocycles. The maximum atomic E-state index is 11.9. The first-order valence-corrected chi connectivity index (χ1v) is 10.1. The molecule has 0 unspecified atom stereocenters. The SMILES string of the molecule is COc1ccc(CN(C(=O)O)c2ccnc(Nc3ccc(OCCN(C)C)cc3)n2)cc1. The van der Waals surface area contributed by atoms with Crippen LogP contribution >= 0.6 is 0 Å². The molecule has 0 bridgehead atoms. The normalized spacial score (nSPS) is 10.6. The molecule has 2 aromatic carbocycles. The summed E-state index contributed by atoms with van der Waals surface area (Å²) < 4.78 is 10.8. The molecular weight excluding hydrogens is 410 g/mol. The summed E-state index contributed by atoms with van der Waals surface area (Å²) in [5.74, 6) is 2.04. The fourth-order valence-electron chi connectivity index (χ4n) is 2.83. The number of nitrogens with one attached hydrogen (secondary N) is 1. The molecule has 0 fully saturated rings. The molecule has 0 aliphatic carbocycles. The van der Waals surface area contributed by atoms with E-state index in [-0.39, 0.29) is 12.4 Å². The van der Waals surface area contributed by atoms with Gasteiger partial charge in [-0.3, -0.25) is 4.90 Å². The zero-order valence-corrected chi connectivity index (χ0v) is 18.4. The number of carboxylic acid groups (broad SMARTS) is 1. The quantitative estimate of drug-likeness (QED) is 0.493. The third kappa shape index (κ3) is 6.58. The summed E-state index contributed by atoms with van der Waals surface area (Å²) in [5, 5.41) is 12.8. The van der Waals surface area contributed by atoms with Gasteiger partial charge in [0, 0.05) is 18.4 Å². The number of amides is 1. The lowest BCUT2D eigenvalue weighted by Crippen LogP contribution is -2.29. The van der Waals surface area contributed by atoms with Crippen LogP contribution in [0.4, 0.5) is 22.2 Å². The van der Waals surface area contributed by atoms with Crippen LogP contribution in [-0.2, 0) is 6.54 Å². The highest BCUT2D eigenvalue weighted by molar-refractivity contribution is 5.84. The second-order valence-corrected chi connectivity index (χ2v) is 7.26. The number of rotatable bonds is 10. The summed E-state index contributed by atoms with van der Waals surface area (Å²) in [6.45, 7) is 1.58. The van der Waals surface area contributed by atoms with Gasteiger partial charge in [-0.15, -0.1) is 0 Å². The molecule has 2 N–H and O–H groups in total. The Morgan fingerprint density at radius 3 is 2.34 bits per heavy atom. The zero-order chi connectivity index (χ0) is 22.9. The van der Waals surface area contributed by atoms with Gasteiger partial charge in [0.25, 0.3) is 0 Å². The lowest BCUT2D eigenvalue weighted by Gasteiger charge is -2.19. The Kier molecular flexibility index (Phi) is 7.82. The van der Waals surface area contributed by atoms with E-state index in [1.54, 1.807) is 25.3 Å². The molecule has 0 radical (unpaired) electrons. The van der Waals surface area contributed by atoms with Gasteiger partial charge in [-0.1, -0.05) is 12.1 Å². The van der Waals surface area contributed by atoms with E-state index < -0.39 is 6.09 Å². The van der Waals surface area contributed by atoms with Crippen LogP contribution in [0.25, 0.3) is 0 Å². The predicted octanol–water partition coefficient (Wildman–Crippen LogP) is 3.85. The maximum absolute atomic E-state index is 11.9. The third-order valence-electron chi connectivity index (χ3n) is 4.57. The first-order chi connectivity index (χ1) is 15.4. The number of hydrogen-bond acceptors (Lipinski definition) is 7. The largest absolute Gasteiger partial charge is 0.497 e. The van der Waals surface area contributed by atoms with Crippen molar-refractivity contribution >= 4 is 23.5 Å². The van der Waals surface area contributed by atoms with Gasteiger partial charge >= 0.3 is 6.09 Å². The standard InChI is InChI=1S/C23H27N5O4/c1-27(2)14-15-32-20-10-6-18(7-11-20)25-22-24-13-12-21(26-22)28(23(29)30)16-17-4-8-19(31-3)9-5-17/h4-13H,14-16H2,1-3H3,(H,29,30)(H,24,25,26). The van der Waals surface area contributed by atoms with E-state index in [0.29, 0.717) is 18.3 Å². The lowest BCUT2D eigenvalue weighted by atomic mass is 10.2. The van der Waals surface area contributed by atoms with E-state index in [1.165, 1.54) is 6.20 Å². The number of nitrogens with zero attached hydrogens (tertiary/aromatic N) is 4. The number of aromatic nitrogens is 2. The van der Waals surface area contributed by atoms with E-state index in [9.17, 15) is 9.90 Å². The molecule has 9 heteroatoms. The molecule has 0 atom stereocenters. The van der Waals surface area contributed by atoms with Gasteiger partial charge in [0.05, 0.1) is 13.7 Å². The van der Waals surface area contributed by atoms with Crippen LogP contribution in [0.3, 0.4) is 0 Å². The summed E-state index contributed by atoms with van der Waals surface area (Å²) in [6, 6.07) is 16.2. The maximum Gasteiger partial charge on any atom is 0.413 e. The van der Waals surface area contributed by atoms with Gasteiger partial charge in [0.2, 0.25) is 5.95 Å². The fraction of sp³-hybridized carbons (Fsp3) is 0.261. The molecule has 9 nitrogen and oxygen atoms in total. The van der Waals surface area contributed by atoms with Crippen molar-refractivity contribution in [3.63, 3.8) is 0 Å². The third-order valence-corrected chi connectivity index (χ3v) is 4.57. The minimum Gasteiger partial charge on any atom is -0.497 e. The summed E-state index contributed by atoms with van der Waals surface area (Å²) in [5.41, 5.74) is 1.57. The fourth-order valence-corrected chi connectivity index (χ4v) is 2.83. The van der Waals surface area contributed by atoms with E-state index in [2.05, 4.69) is 20.2 Å². The minimum absolute atomic E-state index is 0.148. The smallest absolute Gasteiger partial charge is 0.413 e. The van der Waals surface area contributed by atoms with Gasteiger partial charge < -0.3 is 24.8 Å². The molecule has 0 saturated carbocycles. The van der Waals surface area contributed by atoms with Crippen molar-refractivity contribution in [2.45, 2.75) is 6.54 Å². The molecule has 32 heavy (non-hydrogen) atoms. The van der Waals surface area contributed by atoms with Gasteiger partial charge in [-0.2, -0.15) is 4.98 Å². The molecule has 0 aliphatic rings. The lowest BCUT2D eigenvalue weighted by molar-refractivity contribution is 0.201. The Bertz CT molecular complexity index is 1010. The number of methoxy groups -OCH3 is 1. The monoisotopic (exact) mass is 437 g/mol. The van der Waals surface area contributed by atoms with Gasteiger partial charge in [-0.05, 0) is 62.1 Å². The summed E-state index contributed by atoms with van der Waals surface area (Å²) in [7, 11) is 5.57. The Balaban J connectivity index is 1.68. The molecular formula is C23H27N5O4. The molecule has 0 spiro atoms.